The number of amides is 2. The fraction of sp³-hybridized carbons (Fsp3) is 0.250. The average molecular weight is 522 g/mol. The molecule has 0 unspecified atom stereocenters. The van der Waals surface area contributed by atoms with Crippen LogP contribution in [0.15, 0.2) is 71.8 Å². The largest absolute Gasteiger partial charge is 0.454 e. The van der Waals surface area contributed by atoms with Crippen molar-refractivity contribution in [1.29, 1.82) is 0 Å². The van der Waals surface area contributed by atoms with Crippen molar-refractivity contribution in [1.82, 2.24) is 9.91 Å². The number of hydrazone groups is 1. The highest BCUT2D eigenvalue weighted by atomic mass is 19.1. The number of halogens is 2. The van der Waals surface area contributed by atoms with E-state index in [1.54, 1.807) is 42.5 Å². The van der Waals surface area contributed by atoms with Crippen molar-refractivity contribution in [2.75, 3.05) is 33.6 Å². The highest BCUT2D eigenvalue weighted by Gasteiger charge is 2.36. The van der Waals surface area contributed by atoms with Crippen molar-refractivity contribution in [3.05, 3.63) is 95.1 Å². The zero-order valence-corrected chi connectivity index (χ0v) is 20.6. The van der Waals surface area contributed by atoms with Crippen LogP contribution in [0.3, 0.4) is 0 Å². The third-order valence-electron chi connectivity index (χ3n) is 6.41. The summed E-state index contributed by atoms with van der Waals surface area (Å²) in [5.41, 5.74) is 1.23. The van der Waals surface area contributed by atoms with E-state index >= 15 is 0 Å². The Kier molecular flexibility index (Phi) is 7.32. The molecule has 10 heteroatoms. The van der Waals surface area contributed by atoms with Gasteiger partial charge in [0.2, 0.25) is 6.79 Å². The van der Waals surface area contributed by atoms with Crippen molar-refractivity contribution in [2.24, 2.45) is 5.10 Å². The second-order valence-corrected chi connectivity index (χ2v) is 8.80. The summed E-state index contributed by atoms with van der Waals surface area (Å²) in [6.07, 6.45) is 0.242. The van der Waals surface area contributed by atoms with Crippen LogP contribution in [-0.2, 0) is 9.53 Å². The van der Waals surface area contributed by atoms with E-state index in [0.29, 0.717) is 22.8 Å². The number of nitrogens with zero attached hydrogens (tertiary/aromatic N) is 3. The third-order valence-corrected chi connectivity index (χ3v) is 6.41. The summed E-state index contributed by atoms with van der Waals surface area (Å²) in [4.78, 5) is 28.1. The molecule has 0 saturated carbocycles. The first kappa shape index (κ1) is 25.3. The lowest BCUT2D eigenvalue weighted by Crippen LogP contribution is -2.43. The zero-order chi connectivity index (χ0) is 26.6. The molecular weight excluding hydrogens is 496 g/mol. The van der Waals surface area contributed by atoms with Gasteiger partial charge >= 0.3 is 0 Å². The molecule has 0 aliphatic carbocycles. The Morgan fingerprint density at radius 1 is 1.03 bits per heavy atom. The predicted octanol–water partition coefficient (Wildman–Crippen LogP) is 4.16. The SMILES string of the molecule is COCCN(CC(=O)N1N=C(c2ccccc2F)C[C@@H]1c1ccc2c(c1)OCO2)C(=O)c1ccccc1F. The minimum absolute atomic E-state index is 0.0574. The summed E-state index contributed by atoms with van der Waals surface area (Å²) in [5.74, 6) is -1.19. The maximum Gasteiger partial charge on any atom is 0.262 e. The van der Waals surface area contributed by atoms with E-state index in [9.17, 15) is 18.4 Å². The Morgan fingerprint density at radius 3 is 2.53 bits per heavy atom. The van der Waals surface area contributed by atoms with E-state index in [0.717, 1.165) is 0 Å². The van der Waals surface area contributed by atoms with Gasteiger partial charge in [-0.2, -0.15) is 5.10 Å². The molecule has 1 atom stereocenters. The van der Waals surface area contributed by atoms with E-state index in [1.807, 2.05) is 0 Å². The topological polar surface area (TPSA) is 80.7 Å². The predicted molar refractivity (Wildman–Crippen MR) is 134 cm³/mol. The van der Waals surface area contributed by atoms with Crippen molar-refractivity contribution >= 4 is 17.5 Å². The van der Waals surface area contributed by atoms with Gasteiger partial charge in [-0.1, -0.05) is 36.4 Å². The van der Waals surface area contributed by atoms with Crippen molar-refractivity contribution in [3.63, 3.8) is 0 Å². The molecule has 2 heterocycles. The summed E-state index contributed by atoms with van der Waals surface area (Å²) in [6.45, 7) is -0.0913. The van der Waals surface area contributed by atoms with Crippen LogP contribution in [0.4, 0.5) is 8.78 Å². The Hall–Kier alpha value is -4.31. The second-order valence-electron chi connectivity index (χ2n) is 8.80. The number of hydrogen-bond donors (Lipinski definition) is 0. The van der Waals surface area contributed by atoms with Gasteiger partial charge in [-0.25, -0.2) is 13.8 Å². The van der Waals surface area contributed by atoms with E-state index < -0.39 is 29.5 Å². The number of rotatable bonds is 8. The molecule has 0 aromatic heterocycles. The summed E-state index contributed by atoms with van der Waals surface area (Å²) >= 11 is 0. The van der Waals surface area contributed by atoms with Crippen LogP contribution in [0, 0.1) is 11.6 Å². The first-order chi connectivity index (χ1) is 18.5. The zero-order valence-electron chi connectivity index (χ0n) is 20.6. The fourth-order valence-corrected chi connectivity index (χ4v) is 4.47. The maximum absolute atomic E-state index is 14.6. The summed E-state index contributed by atoms with van der Waals surface area (Å²) in [5, 5.41) is 5.76. The molecule has 0 fully saturated rings. The quantitative estimate of drug-likeness (QED) is 0.445. The number of ether oxygens (including phenoxy) is 3. The molecule has 38 heavy (non-hydrogen) atoms. The van der Waals surface area contributed by atoms with E-state index in [2.05, 4.69) is 5.10 Å². The van der Waals surface area contributed by atoms with Crippen LogP contribution >= 0.6 is 0 Å². The number of carbonyl (C=O) groups excluding carboxylic acids is 2. The molecule has 0 N–H and O–H groups in total. The van der Waals surface area contributed by atoms with Gasteiger partial charge in [-0.05, 0) is 35.9 Å². The maximum atomic E-state index is 14.6. The molecule has 2 aliphatic heterocycles. The minimum atomic E-state index is -0.688. The second kappa shape index (κ2) is 11.0. The first-order valence-electron chi connectivity index (χ1n) is 12.0. The Bertz CT molecular complexity index is 1400. The number of carbonyl (C=O) groups is 2. The number of methoxy groups -OCH3 is 1. The fourth-order valence-electron chi connectivity index (χ4n) is 4.47. The van der Waals surface area contributed by atoms with Crippen molar-refractivity contribution in [2.45, 2.75) is 12.5 Å². The Morgan fingerprint density at radius 2 is 1.76 bits per heavy atom. The molecule has 8 nitrogen and oxygen atoms in total. The Balaban J connectivity index is 1.46. The van der Waals surface area contributed by atoms with Crippen molar-refractivity contribution in [3.8, 4) is 11.5 Å². The molecule has 2 amide bonds. The lowest BCUT2D eigenvalue weighted by atomic mass is 9.97. The molecule has 5 rings (SSSR count). The van der Waals surface area contributed by atoms with Gasteiger partial charge in [0.15, 0.2) is 11.5 Å². The monoisotopic (exact) mass is 521 g/mol. The van der Waals surface area contributed by atoms with Crippen LogP contribution in [0.1, 0.15) is 33.9 Å². The molecule has 3 aromatic carbocycles. The summed E-state index contributed by atoms with van der Waals surface area (Å²) in [7, 11) is 1.47. The number of fused-ring (bicyclic) bond motifs is 1. The molecule has 196 valence electrons. The van der Waals surface area contributed by atoms with Crippen molar-refractivity contribution < 1.29 is 32.6 Å². The molecule has 2 aliphatic rings. The van der Waals surface area contributed by atoms with Gasteiger partial charge in [-0.3, -0.25) is 9.59 Å². The molecule has 3 aromatic rings. The highest BCUT2D eigenvalue weighted by Crippen LogP contribution is 2.39. The van der Waals surface area contributed by atoms with Gasteiger partial charge in [0.1, 0.15) is 18.2 Å². The summed E-state index contributed by atoms with van der Waals surface area (Å²) in [6, 6.07) is 16.5. The molecule has 0 spiro atoms. The van der Waals surface area contributed by atoms with Gasteiger partial charge in [0, 0.05) is 25.6 Å². The van der Waals surface area contributed by atoms with Gasteiger partial charge in [0.05, 0.1) is 23.9 Å². The normalized spacial score (nSPS) is 15.9. The van der Waals surface area contributed by atoms with Crippen LogP contribution in [0.2, 0.25) is 0 Å². The smallest absolute Gasteiger partial charge is 0.262 e. The van der Waals surface area contributed by atoms with Crippen LogP contribution in [0.25, 0.3) is 0 Å². The summed E-state index contributed by atoms with van der Waals surface area (Å²) < 4.78 is 45.0. The minimum Gasteiger partial charge on any atom is -0.454 e. The van der Waals surface area contributed by atoms with Gasteiger partial charge in [0.25, 0.3) is 11.8 Å². The Labute approximate surface area is 218 Å². The molecule has 0 saturated heterocycles. The lowest BCUT2D eigenvalue weighted by molar-refractivity contribution is -0.133. The molecule has 0 bridgehead atoms. The third kappa shape index (κ3) is 5.08. The molecular formula is C28H25F2N3O5. The molecule has 0 radical (unpaired) electrons. The average Bonchev–Trinajstić information content (AvgIpc) is 3.58. The number of hydrogen-bond acceptors (Lipinski definition) is 6. The van der Waals surface area contributed by atoms with Gasteiger partial charge in [-0.15, -0.1) is 0 Å². The van der Waals surface area contributed by atoms with E-state index in [-0.39, 0.29) is 44.0 Å². The highest BCUT2D eigenvalue weighted by molar-refractivity contribution is 6.04. The standard InChI is InChI=1S/C28H25F2N3O5/c1-36-13-12-32(28(35)20-7-3-5-9-22(20)30)16-27(34)33-24(18-10-11-25-26(14-18)38-17-37-25)15-23(31-33)19-6-2-4-8-21(19)29/h2-11,14,24H,12-13,15-17H2,1H3/t24-/m1/s1. The van der Waals surface area contributed by atoms with E-state index in [4.69, 9.17) is 14.2 Å². The number of benzene rings is 3. The van der Waals surface area contributed by atoms with Crippen LogP contribution in [-0.4, -0.2) is 61.0 Å². The van der Waals surface area contributed by atoms with Crippen LogP contribution < -0.4 is 9.47 Å². The lowest BCUT2D eigenvalue weighted by Gasteiger charge is -2.27. The van der Waals surface area contributed by atoms with Gasteiger partial charge < -0.3 is 19.1 Å². The van der Waals surface area contributed by atoms with E-state index in [1.165, 1.54) is 41.3 Å². The first-order valence-corrected chi connectivity index (χ1v) is 12.0. The van der Waals surface area contributed by atoms with Crippen LogP contribution in [0.5, 0.6) is 11.5 Å².